The van der Waals surface area contributed by atoms with Crippen LogP contribution >= 0.6 is 0 Å². The summed E-state index contributed by atoms with van der Waals surface area (Å²) in [5.41, 5.74) is -0.367. The second-order valence-corrected chi connectivity index (χ2v) is 5.24. The molecule has 0 aromatic carbocycles. The zero-order chi connectivity index (χ0) is 14.6. The zero-order valence-electron chi connectivity index (χ0n) is 12.6. The van der Waals surface area contributed by atoms with Gasteiger partial charge in [-0.05, 0) is 40.0 Å². The number of ether oxygens (including phenoxy) is 1. The Kier molecular flexibility index (Phi) is 11.8. The van der Waals surface area contributed by atoms with Gasteiger partial charge in [0.15, 0.2) is 0 Å². The second kappa shape index (κ2) is 11.1. The Bertz CT molecular complexity index is 206. The molecule has 0 aromatic rings. The first-order chi connectivity index (χ1) is 8.40. The van der Waals surface area contributed by atoms with E-state index in [2.05, 4.69) is 13.8 Å². The van der Waals surface area contributed by atoms with Crippen LogP contribution < -0.4 is 0 Å². The highest BCUT2D eigenvalue weighted by molar-refractivity contribution is 5.68. The predicted octanol–water partition coefficient (Wildman–Crippen LogP) is 3.64. The normalized spacial score (nSPS) is 14.6. The molecule has 0 spiro atoms. The van der Waals surface area contributed by atoms with Crippen LogP contribution in [0.1, 0.15) is 60.3 Å². The minimum absolute atomic E-state index is 0.160. The van der Waals surface area contributed by atoms with Crippen molar-refractivity contribution in [3.05, 3.63) is 0 Å². The van der Waals surface area contributed by atoms with E-state index in [0.29, 0.717) is 0 Å². The van der Waals surface area contributed by atoms with Gasteiger partial charge in [-0.3, -0.25) is 0 Å². The van der Waals surface area contributed by atoms with Crippen LogP contribution in [0.15, 0.2) is 0 Å². The van der Waals surface area contributed by atoms with Crippen molar-refractivity contribution < 1.29 is 14.3 Å². The molecule has 1 rings (SSSR count). The number of carbonyl (C=O) groups is 2. The second-order valence-electron chi connectivity index (χ2n) is 5.24. The molecule has 108 valence electrons. The molecule has 1 aliphatic heterocycles. The number of carbonyl (C=O) groups excluding carboxylic acids is 2. The Morgan fingerprint density at radius 2 is 1.50 bits per heavy atom. The Labute approximate surface area is 112 Å². The van der Waals surface area contributed by atoms with E-state index in [1.54, 1.807) is 4.90 Å². The molecule has 18 heavy (non-hydrogen) atoms. The van der Waals surface area contributed by atoms with Crippen molar-refractivity contribution >= 4 is 12.9 Å². The van der Waals surface area contributed by atoms with Crippen molar-refractivity contribution in [2.45, 2.75) is 65.9 Å². The van der Waals surface area contributed by atoms with E-state index in [1.165, 1.54) is 12.8 Å². The fourth-order valence-corrected chi connectivity index (χ4v) is 1.40. The lowest BCUT2D eigenvalue weighted by Gasteiger charge is -2.29. The Hall–Kier alpha value is -1.06. The van der Waals surface area contributed by atoms with E-state index in [1.807, 2.05) is 27.6 Å². The maximum atomic E-state index is 11.5. The van der Waals surface area contributed by atoms with Crippen LogP contribution in [0, 0.1) is 0 Å². The van der Waals surface area contributed by atoms with Crippen LogP contribution in [-0.4, -0.2) is 36.5 Å². The molecule has 1 amide bonds. The number of amides is 1. The molecule has 0 unspecified atom stereocenters. The molecule has 1 fully saturated rings. The van der Waals surface area contributed by atoms with Crippen LogP contribution in [0.5, 0.6) is 0 Å². The van der Waals surface area contributed by atoms with Gasteiger partial charge in [-0.2, -0.15) is 0 Å². The molecule has 0 bridgehead atoms. The first-order valence-corrected chi connectivity index (χ1v) is 6.67. The van der Waals surface area contributed by atoms with Gasteiger partial charge in [0.1, 0.15) is 12.4 Å². The Balaban J connectivity index is 0. The third-order valence-electron chi connectivity index (χ3n) is 2.01. The van der Waals surface area contributed by atoms with Gasteiger partial charge in [-0.25, -0.2) is 4.79 Å². The molecular weight excluding hydrogens is 230 g/mol. The fraction of sp³-hybridized carbons (Fsp3) is 0.857. The van der Waals surface area contributed by atoms with E-state index in [0.717, 1.165) is 25.9 Å². The van der Waals surface area contributed by atoms with Crippen molar-refractivity contribution in [1.82, 2.24) is 4.90 Å². The lowest BCUT2D eigenvalue weighted by molar-refractivity contribution is -0.0980. The maximum absolute atomic E-state index is 11.5. The van der Waals surface area contributed by atoms with Crippen LogP contribution in [-0.2, 0) is 9.53 Å². The number of hydrogen-bond acceptors (Lipinski definition) is 3. The molecule has 4 heteroatoms. The van der Waals surface area contributed by atoms with Crippen LogP contribution in [0.3, 0.4) is 0 Å². The Morgan fingerprint density at radius 1 is 1.11 bits per heavy atom. The van der Waals surface area contributed by atoms with Gasteiger partial charge >= 0.3 is 6.09 Å². The summed E-state index contributed by atoms with van der Waals surface area (Å²) in [7, 11) is 0. The smallest absolute Gasteiger partial charge is 0.410 e. The van der Waals surface area contributed by atoms with E-state index in [9.17, 15) is 4.79 Å². The van der Waals surface area contributed by atoms with Crippen LogP contribution in [0.25, 0.3) is 0 Å². The molecule has 1 heterocycles. The summed E-state index contributed by atoms with van der Waals surface area (Å²) in [6.45, 7) is 13.7. The van der Waals surface area contributed by atoms with Crippen LogP contribution in [0.4, 0.5) is 4.79 Å². The molecule has 0 radical (unpaired) electrons. The maximum Gasteiger partial charge on any atom is 0.410 e. The molecule has 0 N–H and O–H groups in total. The van der Waals surface area contributed by atoms with Crippen molar-refractivity contribution in [2.75, 3.05) is 13.1 Å². The van der Waals surface area contributed by atoms with Crippen molar-refractivity contribution in [3.63, 3.8) is 0 Å². The number of hydrogen-bond donors (Lipinski definition) is 0. The summed E-state index contributed by atoms with van der Waals surface area (Å²) in [6.07, 6.45) is 4.55. The first kappa shape index (κ1) is 19.3. The van der Waals surface area contributed by atoms with Gasteiger partial charge in [-0.15, -0.1) is 0 Å². The SMILES string of the molecule is C=O.CC(C)(C)OC(=O)N1CCCCC1.CCC. The van der Waals surface area contributed by atoms with Gasteiger partial charge in [0.05, 0.1) is 0 Å². The molecule has 4 nitrogen and oxygen atoms in total. The van der Waals surface area contributed by atoms with E-state index >= 15 is 0 Å². The summed E-state index contributed by atoms with van der Waals surface area (Å²) in [4.78, 5) is 21.3. The van der Waals surface area contributed by atoms with E-state index in [-0.39, 0.29) is 11.7 Å². The van der Waals surface area contributed by atoms with Crippen LogP contribution in [0.2, 0.25) is 0 Å². The first-order valence-electron chi connectivity index (χ1n) is 6.67. The lowest BCUT2D eigenvalue weighted by Crippen LogP contribution is -2.39. The van der Waals surface area contributed by atoms with Crippen molar-refractivity contribution in [1.29, 1.82) is 0 Å². The quantitative estimate of drug-likeness (QED) is 0.667. The van der Waals surface area contributed by atoms with Gasteiger partial charge in [0.2, 0.25) is 0 Å². The van der Waals surface area contributed by atoms with Crippen molar-refractivity contribution in [3.8, 4) is 0 Å². The standard InChI is InChI=1S/C10H19NO2.C3H8.CH2O/c1-10(2,3)13-9(12)11-7-5-4-6-8-11;1-3-2;1-2/h4-8H2,1-3H3;3H2,1-2H3;1H2. The molecule has 1 aliphatic rings. The summed E-state index contributed by atoms with van der Waals surface area (Å²) < 4.78 is 5.26. The van der Waals surface area contributed by atoms with Gasteiger partial charge in [0.25, 0.3) is 0 Å². The predicted molar refractivity (Wildman–Crippen MR) is 74.7 cm³/mol. The number of rotatable bonds is 0. The number of likely N-dealkylation sites (tertiary alicyclic amines) is 1. The molecule has 1 saturated heterocycles. The monoisotopic (exact) mass is 259 g/mol. The van der Waals surface area contributed by atoms with Crippen molar-refractivity contribution in [2.24, 2.45) is 0 Å². The topological polar surface area (TPSA) is 46.6 Å². The fourth-order valence-electron chi connectivity index (χ4n) is 1.40. The minimum atomic E-state index is -0.367. The zero-order valence-corrected chi connectivity index (χ0v) is 12.6. The highest BCUT2D eigenvalue weighted by Crippen LogP contribution is 2.14. The largest absolute Gasteiger partial charge is 0.444 e. The summed E-state index contributed by atoms with van der Waals surface area (Å²) in [6, 6.07) is 0. The highest BCUT2D eigenvalue weighted by atomic mass is 16.6. The van der Waals surface area contributed by atoms with Gasteiger partial charge < -0.3 is 14.4 Å². The average molecular weight is 259 g/mol. The summed E-state index contributed by atoms with van der Waals surface area (Å²) in [5.74, 6) is 0. The Morgan fingerprint density at radius 3 is 1.83 bits per heavy atom. The van der Waals surface area contributed by atoms with Gasteiger partial charge in [-0.1, -0.05) is 20.3 Å². The summed E-state index contributed by atoms with van der Waals surface area (Å²) >= 11 is 0. The number of nitrogens with zero attached hydrogens (tertiary/aromatic N) is 1. The summed E-state index contributed by atoms with van der Waals surface area (Å²) in [5, 5.41) is 0. The van der Waals surface area contributed by atoms with Gasteiger partial charge in [0, 0.05) is 13.1 Å². The average Bonchev–Trinajstić information content (AvgIpc) is 2.32. The molecular formula is C14H29NO3. The molecule has 0 aromatic heterocycles. The van der Waals surface area contributed by atoms with E-state index < -0.39 is 0 Å². The number of piperidine rings is 1. The molecule has 0 atom stereocenters. The molecule has 0 saturated carbocycles. The minimum Gasteiger partial charge on any atom is -0.444 e. The third-order valence-corrected chi connectivity index (χ3v) is 2.01. The highest BCUT2D eigenvalue weighted by Gasteiger charge is 2.22. The third kappa shape index (κ3) is 11.4. The van der Waals surface area contributed by atoms with E-state index in [4.69, 9.17) is 9.53 Å². The lowest BCUT2D eigenvalue weighted by atomic mass is 10.1. The molecule has 0 aliphatic carbocycles.